The average molecular weight is 505 g/mol. The van der Waals surface area contributed by atoms with Gasteiger partial charge in [-0.3, -0.25) is 9.59 Å². The molecular formula is C30H36N2O3S. The van der Waals surface area contributed by atoms with E-state index in [1.54, 1.807) is 23.8 Å². The van der Waals surface area contributed by atoms with Gasteiger partial charge >= 0.3 is 0 Å². The molecule has 0 heterocycles. The Morgan fingerprint density at radius 2 is 1.50 bits per heavy atom. The van der Waals surface area contributed by atoms with Crippen LogP contribution in [0, 0.1) is 0 Å². The van der Waals surface area contributed by atoms with Crippen LogP contribution in [0.3, 0.4) is 0 Å². The number of nitrogens with zero attached hydrogens (tertiary/aromatic N) is 1. The Hall–Kier alpha value is -3.25. The van der Waals surface area contributed by atoms with Crippen molar-refractivity contribution in [1.82, 2.24) is 10.2 Å². The number of carbonyl (C=O) groups excluding carboxylic acids is 2. The summed E-state index contributed by atoms with van der Waals surface area (Å²) < 4.78 is 5.23. The average Bonchev–Trinajstić information content (AvgIpc) is 2.92. The molecule has 0 fully saturated rings. The predicted molar refractivity (Wildman–Crippen MR) is 148 cm³/mol. The van der Waals surface area contributed by atoms with Gasteiger partial charge in [-0.15, -0.1) is 11.8 Å². The maximum absolute atomic E-state index is 13.6. The van der Waals surface area contributed by atoms with E-state index in [0.29, 0.717) is 24.5 Å². The molecule has 0 aliphatic heterocycles. The van der Waals surface area contributed by atoms with Crippen molar-refractivity contribution in [3.8, 4) is 5.75 Å². The fourth-order valence-electron chi connectivity index (χ4n) is 3.84. The van der Waals surface area contributed by atoms with Crippen molar-refractivity contribution in [2.45, 2.75) is 51.1 Å². The molecule has 0 radical (unpaired) electrons. The van der Waals surface area contributed by atoms with E-state index in [4.69, 9.17) is 4.74 Å². The standard InChI is InChI=1S/C30H36N2O3S/c1-4-23(2)31-30(34)28(19-24-11-7-5-8-12-24)32(20-25-13-9-6-10-14-25)29(33)22-36-21-26-15-17-27(35-3)18-16-26/h5-18,23,28H,4,19-22H2,1-3H3,(H,31,34)/t23-,28-/m1/s1. The highest BCUT2D eigenvalue weighted by Gasteiger charge is 2.30. The number of hydrogen-bond acceptors (Lipinski definition) is 4. The van der Waals surface area contributed by atoms with Gasteiger partial charge in [-0.05, 0) is 42.2 Å². The van der Waals surface area contributed by atoms with Crippen LogP contribution in [0.4, 0.5) is 0 Å². The molecule has 2 atom stereocenters. The van der Waals surface area contributed by atoms with Crippen molar-refractivity contribution in [1.29, 1.82) is 0 Å². The van der Waals surface area contributed by atoms with Crippen LogP contribution in [0.2, 0.25) is 0 Å². The van der Waals surface area contributed by atoms with Crippen LogP contribution >= 0.6 is 11.8 Å². The fourth-order valence-corrected chi connectivity index (χ4v) is 4.71. The number of benzene rings is 3. The zero-order valence-electron chi connectivity index (χ0n) is 21.4. The number of thioether (sulfide) groups is 1. The second kappa shape index (κ2) is 14.3. The molecule has 3 aromatic carbocycles. The molecule has 5 nitrogen and oxygen atoms in total. The highest BCUT2D eigenvalue weighted by atomic mass is 32.2. The maximum atomic E-state index is 13.6. The molecule has 3 aromatic rings. The topological polar surface area (TPSA) is 58.6 Å². The Morgan fingerprint density at radius 1 is 0.889 bits per heavy atom. The molecule has 0 aliphatic carbocycles. The molecule has 0 aliphatic rings. The Morgan fingerprint density at radius 3 is 2.08 bits per heavy atom. The van der Waals surface area contributed by atoms with E-state index in [0.717, 1.165) is 28.9 Å². The van der Waals surface area contributed by atoms with Crippen molar-refractivity contribution < 1.29 is 14.3 Å². The number of nitrogens with one attached hydrogen (secondary N) is 1. The summed E-state index contributed by atoms with van der Waals surface area (Å²) in [5.74, 6) is 1.65. The SMILES string of the molecule is CC[C@@H](C)NC(=O)[C@@H](Cc1ccccc1)N(Cc1ccccc1)C(=O)CSCc1ccc(OC)cc1. The number of hydrogen-bond donors (Lipinski definition) is 1. The zero-order valence-corrected chi connectivity index (χ0v) is 22.2. The minimum absolute atomic E-state index is 0.0360. The summed E-state index contributed by atoms with van der Waals surface area (Å²) in [6.07, 6.45) is 1.29. The molecule has 3 rings (SSSR count). The summed E-state index contributed by atoms with van der Waals surface area (Å²) >= 11 is 1.56. The van der Waals surface area contributed by atoms with Gasteiger partial charge in [-0.1, -0.05) is 79.7 Å². The molecule has 0 aromatic heterocycles. The lowest BCUT2D eigenvalue weighted by Crippen LogP contribution is -2.52. The lowest BCUT2D eigenvalue weighted by molar-refractivity contribution is -0.139. The highest BCUT2D eigenvalue weighted by molar-refractivity contribution is 7.99. The summed E-state index contributed by atoms with van der Waals surface area (Å²) in [5, 5.41) is 3.11. The monoisotopic (exact) mass is 504 g/mol. The van der Waals surface area contributed by atoms with Crippen molar-refractivity contribution in [2.24, 2.45) is 0 Å². The number of ether oxygens (including phenoxy) is 1. The maximum Gasteiger partial charge on any atom is 0.243 e. The normalized spacial score (nSPS) is 12.4. The number of amides is 2. The number of carbonyl (C=O) groups is 2. The Labute approximate surface area is 219 Å². The van der Waals surface area contributed by atoms with E-state index in [1.165, 1.54) is 0 Å². The predicted octanol–water partition coefficient (Wildman–Crippen LogP) is 5.48. The molecule has 1 N–H and O–H groups in total. The lowest BCUT2D eigenvalue weighted by atomic mass is 10.0. The van der Waals surface area contributed by atoms with Crippen molar-refractivity contribution in [3.05, 3.63) is 102 Å². The molecular weight excluding hydrogens is 468 g/mol. The van der Waals surface area contributed by atoms with Crippen LogP contribution in [-0.4, -0.2) is 41.7 Å². The van der Waals surface area contributed by atoms with Gasteiger partial charge in [0, 0.05) is 24.8 Å². The van der Waals surface area contributed by atoms with Crippen LogP contribution in [0.15, 0.2) is 84.9 Å². The molecule has 36 heavy (non-hydrogen) atoms. The van der Waals surface area contributed by atoms with Crippen molar-refractivity contribution in [3.63, 3.8) is 0 Å². The van der Waals surface area contributed by atoms with Crippen LogP contribution in [-0.2, 0) is 28.3 Å². The van der Waals surface area contributed by atoms with E-state index in [-0.39, 0.29) is 17.9 Å². The van der Waals surface area contributed by atoms with Crippen LogP contribution in [0.5, 0.6) is 5.75 Å². The van der Waals surface area contributed by atoms with E-state index in [1.807, 2.05) is 98.8 Å². The Kier molecular flexibility index (Phi) is 10.9. The number of rotatable bonds is 13. The van der Waals surface area contributed by atoms with Gasteiger partial charge < -0.3 is 15.0 Å². The molecule has 2 amide bonds. The quantitative estimate of drug-likeness (QED) is 0.335. The fraction of sp³-hybridized carbons (Fsp3) is 0.333. The molecule has 0 spiro atoms. The molecule has 0 saturated carbocycles. The second-order valence-corrected chi connectivity index (χ2v) is 9.86. The summed E-state index contributed by atoms with van der Waals surface area (Å²) in [4.78, 5) is 28.9. The Balaban J connectivity index is 1.80. The first-order chi connectivity index (χ1) is 17.5. The molecule has 0 bridgehead atoms. The van der Waals surface area contributed by atoms with Crippen molar-refractivity contribution in [2.75, 3.05) is 12.9 Å². The molecule has 6 heteroatoms. The smallest absolute Gasteiger partial charge is 0.243 e. The molecule has 0 unspecified atom stereocenters. The third kappa shape index (κ3) is 8.45. The first-order valence-corrected chi connectivity index (χ1v) is 13.5. The highest BCUT2D eigenvalue weighted by Crippen LogP contribution is 2.20. The summed E-state index contributed by atoms with van der Waals surface area (Å²) in [6.45, 7) is 4.42. The van der Waals surface area contributed by atoms with E-state index in [9.17, 15) is 9.59 Å². The largest absolute Gasteiger partial charge is 0.497 e. The van der Waals surface area contributed by atoms with E-state index >= 15 is 0 Å². The third-order valence-electron chi connectivity index (χ3n) is 6.12. The second-order valence-electron chi connectivity index (χ2n) is 8.87. The van der Waals surface area contributed by atoms with Gasteiger partial charge in [0.15, 0.2) is 0 Å². The Bertz CT molecular complexity index is 1070. The zero-order chi connectivity index (χ0) is 25.8. The van der Waals surface area contributed by atoms with Crippen LogP contribution in [0.1, 0.15) is 37.0 Å². The number of methoxy groups -OCH3 is 1. The third-order valence-corrected chi connectivity index (χ3v) is 7.11. The minimum atomic E-state index is -0.601. The van der Waals surface area contributed by atoms with Gasteiger partial charge in [-0.25, -0.2) is 0 Å². The van der Waals surface area contributed by atoms with E-state index in [2.05, 4.69) is 5.32 Å². The summed E-state index contributed by atoms with van der Waals surface area (Å²) in [6, 6.07) is 27.1. The van der Waals surface area contributed by atoms with Gasteiger partial charge in [0.05, 0.1) is 12.9 Å². The van der Waals surface area contributed by atoms with Crippen LogP contribution in [0.25, 0.3) is 0 Å². The van der Waals surface area contributed by atoms with Gasteiger partial charge in [-0.2, -0.15) is 0 Å². The van der Waals surface area contributed by atoms with E-state index < -0.39 is 6.04 Å². The van der Waals surface area contributed by atoms with Gasteiger partial charge in [0.2, 0.25) is 11.8 Å². The van der Waals surface area contributed by atoms with Gasteiger partial charge in [0.25, 0.3) is 0 Å². The summed E-state index contributed by atoms with van der Waals surface area (Å²) in [7, 11) is 1.65. The first-order valence-electron chi connectivity index (χ1n) is 12.4. The summed E-state index contributed by atoms with van der Waals surface area (Å²) in [5.41, 5.74) is 3.15. The lowest BCUT2D eigenvalue weighted by Gasteiger charge is -2.32. The van der Waals surface area contributed by atoms with Gasteiger partial charge in [0.1, 0.15) is 11.8 Å². The first kappa shape index (κ1) is 27.3. The molecule has 0 saturated heterocycles. The van der Waals surface area contributed by atoms with Crippen LogP contribution < -0.4 is 10.1 Å². The minimum Gasteiger partial charge on any atom is -0.497 e. The molecule has 190 valence electrons. The van der Waals surface area contributed by atoms with Crippen molar-refractivity contribution >= 4 is 23.6 Å².